The summed E-state index contributed by atoms with van der Waals surface area (Å²) in [6, 6.07) is 0.250. The minimum atomic E-state index is 0.250. The van der Waals surface area contributed by atoms with Crippen LogP contribution in [0.25, 0.3) is 11.5 Å². The van der Waals surface area contributed by atoms with Gasteiger partial charge in [0.15, 0.2) is 0 Å². The summed E-state index contributed by atoms with van der Waals surface area (Å²) in [4.78, 5) is 8.49. The minimum absolute atomic E-state index is 0.250. The van der Waals surface area contributed by atoms with Gasteiger partial charge in [0.05, 0.1) is 12.5 Å². The van der Waals surface area contributed by atoms with Gasteiger partial charge in [0, 0.05) is 19.0 Å². The summed E-state index contributed by atoms with van der Waals surface area (Å²) in [6.07, 6.45) is 6.55. The Labute approximate surface area is 113 Å². The highest BCUT2D eigenvalue weighted by atomic mass is 16.5. The molecule has 2 aromatic heterocycles. The molecule has 104 valence electrons. The molecule has 2 aromatic rings. The zero-order valence-corrected chi connectivity index (χ0v) is 11.7. The quantitative estimate of drug-likeness (QED) is 0.862. The summed E-state index contributed by atoms with van der Waals surface area (Å²) in [7, 11) is 1.91. The van der Waals surface area contributed by atoms with E-state index in [1.165, 1.54) is 0 Å². The van der Waals surface area contributed by atoms with Gasteiger partial charge >= 0.3 is 0 Å². The number of hydrogen-bond donors (Lipinski definition) is 1. The van der Waals surface area contributed by atoms with E-state index in [1.54, 1.807) is 12.5 Å². The number of aryl methyl sites for hydroxylation is 1. The van der Waals surface area contributed by atoms with Crippen molar-refractivity contribution in [1.29, 1.82) is 0 Å². The maximum Gasteiger partial charge on any atom is 0.229 e. The van der Waals surface area contributed by atoms with Crippen LogP contribution >= 0.6 is 0 Å². The number of rotatable bonds is 6. The van der Waals surface area contributed by atoms with E-state index in [0.29, 0.717) is 11.7 Å². The van der Waals surface area contributed by atoms with Crippen LogP contribution in [-0.4, -0.2) is 25.7 Å². The third kappa shape index (κ3) is 3.41. The monoisotopic (exact) mass is 263 g/mol. The third-order valence-electron chi connectivity index (χ3n) is 3.21. The van der Waals surface area contributed by atoms with E-state index in [4.69, 9.17) is 10.3 Å². The lowest BCUT2D eigenvalue weighted by Crippen LogP contribution is -2.14. The average molecular weight is 263 g/mol. The summed E-state index contributed by atoms with van der Waals surface area (Å²) < 4.78 is 7.20. The molecule has 2 N–H and O–H groups in total. The molecular formula is C13H21N5O. The molecular weight excluding hydrogens is 242 g/mol. The number of aromatic nitrogens is 4. The zero-order valence-electron chi connectivity index (χ0n) is 11.7. The van der Waals surface area contributed by atoms with Gasteiger partial charge in [0.1, 0.15) is 5.69 Å². The van der Waals surface area contributed by atoms with Crippen molar-refractivity contribution in [2.45, 2.75) is 45.1 Å². The van der Waals surface area contributed by atoms with Crippen LogP contribution in [0.4, 0.5) is 0 Å². The molecule has 6 heteroatoms. The van der Waals surface area contributed by atoms with E-state index in [0.717, 1.165) is 25.0 Å². The summed E-state index contributed by atoms with van der Waals surface area (Å²) in [5.41, 5.74) is 6.60. The number of nitrogens with two attached hydrogens (primary N) is 1. The Morgan fingerprint density at radius 2 is 2.16 bits per heavy atom. The van der Waals surface area contributed by atoms with Crippen molar-refractivity contribution in [3.05, 3.63) is 18.4 Å². The van der Waals surface area contributed by atoms with Gasteiger partial charge < -0.3 is 14.8 Å². The lowest BCUT2D eigenvalue weighted by atomic mass is 10.0. The van der Waals surface area contributed by atoms with Crippen molar-refractivity contribution in [2.24, 2.45) is 12.8 Å². The van der Waals surface area contributed by atoms with Gasteiger partial charge in [-0.15, -0.1) is 0 Å². The zero-order chi connectivity index (χ0) is 13.8. The van der Waals surface area contributed by atoms with Crippen LogP contribution < -0.4 is 5.73 Å². The van der Waals surface area contributed by atoms with Crippen molar-refractivity contribution < 1.29 is 4.52 Å². The molecule has 0 radical (unpaired) electrons. The van der Waals surface area contributed by atoms with E-state index in [1.807, 2.05) is 18.5 Å². The molecule has 0 saturated carbocycles. The van der Waals surface area contributed by atoms with Crippen LogP contribution in [0, 0.1) is 0 Å². The molecule has 0 spiro atoms. The van der Waals surface area contributed by atoms with Gasteiger partial charge in [-0.2, -0.15) is 4.98 Å². The number of hydrogen-bond acceptors (Lipinski definition) is 5. The molecule has 0 saturated heterocycles. The van der Waals surface area contributed by atoms with Crippen LogP contribution in [0.3, 0.4) is 0 Å². The molecule has 2 atom stereocenters. The van der Waals surface area contributed by atoms with Gasteiger partial charge in [-0.1, -0.05) is 18.5 Å². The lowest BCUT2D eigenvalue weighted by Gasteiger charge is -2.07. The van der Waals surface area contributed by atoms with E-state index in [2.05, 4.69) is 22.0 Å². The highest BCUT2D eigenvalue weighted by Crippen LogP contribution is 2.23. The average Bonchev–Trinajstić information content (AvgIpc) is 2.96. The van der Waals surface area contributed by atoms with E-state index in [-0.39, 0.29) is 12.0 Å². The summed E-state index contributed by atoms with van der Waals surface area (Å²) in [6.45, 7) is 4.12. The van der Waals surface area contributed by atoms with Crippen LogP contribution in [0.15, 0.2) is 17.0 Å². The van der Waals surface area contributed by atoms with Crippen LogP contribution in [0.5, 0.6) is 0 Å². The molecule has 0 aliphatic carbocycles. The predicted octanol–water partition coefficient (Wildman–Crippen LogP) is 2.09. The minimum Gasteiger partial charge on any atom is -0.339 e. The molecule has 19 heavy (non-hydrogen) atoms. The lowest BCUT2D eigenvalue weighted by molar-refractivity contribution is 0.349. The maximum atomic E-state index is 5.74. The summed E-state index contributed by atoms with van der Waals surface area (Å²) in [5, 5.41) is 4.01. The molecule has 2 rings (SSSR count). The normalized spacial score (nSPS) is 14.5. The fourth-order valence-corrected chi connectivity index (χ4v) is 1.98. The molecule has 0 fully saturated rings. The molecule has 2 heterocycles. The maximum absolute atomic E-state index is 5.74. The molecule has 2 unspecified atom stereocenters. The summed E-state index contributed by atoms with van der Waals surface area (Å²) >= 11 is 0. The first-order valence-corrected chi connectivity index (χ1v) is 6.63. The Bertz CT molecular complexity index is 517. The fourth-order valence-electron chi connectivity index (χ4n) is 1.98. The van der Waals surface area contributed by atoms with Crippen LogP contribution in [-0.2, 0) is 7.05 Å². The van der Waals surface area contributed by atoms with Crippen molar-refractivity contribution in [3.63, 3.8) is 0 Å². The second kappa shape index (κ2) is 5.97. The molecule has 0 aliphatic heterocycles. The molecule has 6 nitrogen and oxygen atoms in total. The number of imidazole rings is 1. The Balaban J connectivity index is 1.99. The Morgan fingerprint density at radius 1 is 1.37 bits per heavy atom. The summed E-state index contributed by atoms with van der Waals surface area (Å²) in [5.74, 6) is 1.53. The van der Waals surface area contributed by atoms with Gasteiger partial charge in [0.25, 0.3) is 0 Å². The SMILES string of the molecule is CC(N)CCCC(C)c1nc(-c2cncn2C)no1. The first-order chi connectivity index (χ1) is 9.08. The third-order valence-corrected chi connectivity index (χ3v) is 3.21. The molecule has 0 amide bonds. The van der Waals surface area contributed by atoms with E-state index >= 15 is 0 Å². The van der Waals surface area contributed by atoms with Gasteiger partial charge in [-0.3, -0.25) is 0 Å². The van der Waals surface area contributed by atoms with E-state index < -0.39 is 0 Å². The largest absolute Gasteiger partial charge is 0.339 e. The van der Waals surface area contributed by atoms with Crippen LogP contribution in [0.2, 0.25) is 0 Å². The first-order valence-electron chi connectivity index (χ1n) is 6.63. The van der Waals surface area contributed by atoms with Gasteiger partial charge in [0.2, 0.25) is 11.7 Å². The Kier molecular flexibility index (Phi) is 4.31. The Hall–Kier alpha value is -1.69. The van der Waals surface area contributed by atoms with Crippen LogP contribution in [0.1, 0.15) is 44.9 Å². The number of nitrogens with zero attached hydrogens (tertiary/aromatic N) is 4. The highest BCUT2D eigenvalue weighted by molar-refractivity contribution is 5.47. The van der Waals surface area contributed by atoms with Crippen molar-refractivity contribution in [1.82, 2.24) is 19.7 Å². The second-order valence-electron chi connectivity index (χ2n) is 5.16. The standard InChI is InChI=1S/C13H21N5O/c1-9(5-4-6-10(2)14)13-16-12(17-19-13)11-7-15-8-18(11)3/h7-10H,4-6,14H2,1-3H3. The van der Waals surface area contributed by atoms with Crippen molar-refractivity contribution in [2.75, 3.05) is 0 Å². The topological polar surface area (TPSA) is 82.8 Å². The van der Waals surface area contributed by atoms with Gasteiger partial charge in [-0.25, -0.2) is 4.98 Å². The molecule has 0 aliphatic rings. The van der Waals surface area contributed by atoms with Crippen molar-refractivity contribution in [3.8, 4) is 11.5 Å². The molecule has 0 bridgehead atoms. The highest BCUT2D eigenvalue weighted by Gasteiger charge is 2.16. The van der Waals surface area contributed by atoms with Gasteiger partial charge in [-0.05, 0) is 19.8 Å². The van der Waals surface area contributed by atoms with E-state index in [9.17, 15) is 0 Å². The van der Waals surface area contributed by atoms with Crippen molar-refractivity contribution >= 4 is 0 Å². The predicted molar refractivity (Wildman–Crippen MR) is 72.4 cm³/mol. The molecule has 0 aromatic carbocycles. The second-order valence-corrected chi connectivity index (χ2v) is 5.16. The smallest absolute Gasteiger partial charge is 0.229 e. The Morgan fingerprint density at radius 3 is 2.79 bits per heavy atom. The first kappa shape index (κ1) is 13.7. The fraction of sp³-hybridized carbons (Fsp3) is 0.615.